The predicted octanol–water partition coefficient (Wildman–Crippen LogP) is 5.75. The van der Waals surface area contributed by atoms with E-state index < -0.39 is 23.8 Å². The van der Waals surface area contributed by atoms with Gasteiger partial charge in [-0.1, -0.05) is 53.7 Å². The lowest BCUT2D eigenvalue weighted by atomic mass is 9.75. The molecule has 2 atom stereocenters. The molecule has 0 bridgehead atoms. The van der Waals surface area contributed by atoms with Gasteiger partial charge in [0, 0.05) is 46.9 Å². The van der Waals surface area contributed by atoms with Crippen molar-refractivity contribution >= 4 is 29.4 Å². The smallest absolute Gasteiger partial charge is 0.336 e. The molecule has 39 heavy (non-hydrogen) atoms. The van der Waals surface area contributed by atoms with Crippen molar-refractivity contribution in [3.63, 3.8) is 0 Å². The highest BCUT2D eigenvalue weighted by Crippen LogP contribution is 2.41. The number of hydrogen-bond acceptors (Lipinski definition) is 7. The zero-order valence-corrected chi connectivity index (χ0v) is 21.9. The third-order valence-corrected chi connectivity index (χ3v) is 6.42. The highest BCUT2D eigenvalue weighted by molar-refractivity contribution is 6.07. The Kier molecular flexibility index (Phi) is 8.71. The van der Waals surface area contributed by atoms with Crippen LogP contribution in [-0.2, 0) is 25.6 Å². The lowest BCUT2D eigenvalue weighted by molar-refractivity contribution is -0.143. The zero-order valence-electron chi connectivity index (χ0n) is 21.9. The zero-order chi connectivity index (χ0) is 27.8. The van der Waals surface area contributed by atoms with Crippen molar-refractivity contribution in [3.05, 3.63) is 112 Å². The molecule has 0 saturated heterocycles. The monoisotopic (exact) mass is 524 g/mol. The summed E-state index contributed by atoms with van der Waals surface area (Å²) < 4.78 is 12.6. The second-order valence-electron chi connectivity index (χ2n) is 8.99. The number of carbonyl (C=O) groups is 2. The van der Waals surface area contributed by atoms with E-state index in [0.717, 1.165) is 17.7 Å². The molecule has 2 heterocycles. The first-order chi connectivity index (χ1) is 18.9. The second kappa shape index (κ2) is 12.5. The van der Waals surface area contributed by atoms with E-state index in [1.165, 1.54) is 7.11 Å². The summed E-state index contributed by atoms with van der Waals surface area (Å²) >= 11 is 0. The molecule has 4 rings (SSSR count). The lowest BCUT2D eigenvalue weighted by Crippen LogP contribution is -2.36. The van der Waals surface area contributed by atoms with Crippen molar-refractivity contribution in [2.24, 2.45) is 16.0 Å². The normalized spacial score (nSPS) is 16.9. The van der Waals surface area contributed by atoms with Crippen molar-refractivity contribution in [2.45, 2.75) is 26.3 Å². The van der Waals surface area contributed by atoms with Gasteiger partial charge < -0.3 is 14.0 Å². The van der Waals surface area contributed by atoms with Gasteiger partial charge in [-0.3, -0.25) is 9.79 Å². The molecular weight excluding hydrogens is 496 g/mol. The Balaban J connectivity index is 1.51. The molecule has 1 aliphatic rings. The molecule has 2 aromatic carbocycles. The fraction of sp³-hybridized carbons (Fsp3) is 0.241. The summed E-state index contributed by atoms with van der Waals surface area (Å²) in [5.74, 6) is -2.66. The summed E-state index contributed by atoms with van der Waals surface area (Å²) in [4.78, 5) is 37.5. The standard InChI is InChI=1S/C29H28N6O4/c1-19-25(28(36)38-3)27(23-7-4-8-24(16-23)33-34-30)26(20(2)32-19)29(37)39-15-5-6-21-9-11-22(12-10-21)17-35-14-13-31-18-35/h4-14,16,18,25,27H,15,17H2,1-3H3. The number of imidazole rings is 1. The van der Waals surface area contributed by atoms with Gasteiger partial charge in [0.25, 0.3) is 0 Å². The van der Waals surface area contributed by atoms with Crippen molar-refractivity contribution in [1.82, 2.24) is 9.55 Å². The average Bonchev–Trinajstić information content (AvgIpc) is 3.44. The molecule has 0 aliphatic carbocycles. The Morgan fingerprint density at radius 2 is 1.97 bits per heavy atom. The number of methoxy groups -OCH3 is 1. The molecular formula is C29H28N6O4. The van der Waals surface area contributed by atoms with E-state index in [4.69, 9.17) is 15.0 Å². The van der Waals surface area contributed by atoms with Crippen LogP contribution in [0.1, 0.15) is 36.5 Å². The molecule has 10 heteroatoms. The minimum Gasteiger partial charge on any atom is -0.468 e. The van der Waals surface area contributed by atoms with E-state index >= 15 is 0 Å². The van der Waals surface area contributed by atoms with Crippen LogP contribution in [0.25, 0.3) is 16.5 Å². The van der Waals surface area contributed by atoms with Crippen LogP contribution >= 0.6 is 0 Å². The third-order valence-electron chi connectivity index (χ3n) is 6.42. The van der Waals surface area contributed by atoms with E-state index in [1.807, 2.05) is 41.1 Å². The summed E-state index contributed by atoms with van der Waals surface area (Å²) in [6, 6.07) is 14.8. The molecule has 0 spiro atoms. The fourth-order valence-electron chi connectivity index (χ4n) is 4.64. The number of esters is 2. The summed E-state index contributed by atoms with van der Waals surface area (Å²) in [6.45, 7) is 4.20. The van der Waals surface area contributed by atoms with Crippen LogP contribution in [0.5, 0.6) is 0 Å². The number of ether oxygens (including phenoxy) is 2. The lowest BCUT2D eigenvalue weighted by Gasteiger charge is -2.31. The first-order valence-corrected chi connectivity index (χ1v) is 12.3. The highest BCUT2D eigenvalue weighted by Gasteiger charge is 2.42. The SMILES string of the molecule is COC(=O)C1C(C)=NC(C)=C(C(=O)OCC=Cc2ccc(Cn3ccnc3)cc2)C1c1cccc(N=[N+]=[N-])c1. The van der Waals surface area contributed by atoms with Crippen LogP contribution in [0.3, 0.4) is 0 Å². The Labute approximate surface area is 225 Å². The number of hydrogen-bond donors (Lipinski definition) is 0. The number of carbonyl (C=O) groups excluding carboxylic acids is 2. The van der Waals surface area contributed by atoms with Gasteiger partial charge in [0.2, 0.25) is 0 Å². The molecule has 10 nitrogen and oxygen atoms in total. The molecule has 0 saturated carbocycles. The van der Waals surface area contributed by atoms with Gasteiger partial charge in [-0.25, -0.2) is 9.78 Å². The van der Waals surface area contributed by atoms with E-state index in [9.17, 15) is 9.59 Å². The van der Waals surface area contributed by atoms with Gasteiger partial charge in [-0.15, -0.1) is 0 Å². The van der Waals surface area contributed by atoms with Crippen molar-refractivity contribution in [1.29, 1.82) is 0 Å². The minimum absolute atomic E-state index is 0.0312. The van der Waals surface area contributed by atoms with Crippen molar-refractivity contribution < 1.29 is 19.1 Å². The van der Waals surface area contributed by atoms with Gasteiger partial charge in [0.05, 0.1) is 19.0 Å². The molecule has 2 unspecified atom stereocenters. The number of allylic oxidation sites excluding steroid dienone is 1. The van der Waals surface area contributed by atoms with Gasteiger partial charge in [-0.2, -0.15) is 0 Å². The van der Waals surface area contributed by atoms with Gasteiger partial charge in [-0.05, 0) is 48.2 Å². The van der Waals surface area contributed by atoms with E-state index in [1.54, 1.807) is 56.7 Å². The molecule has 198 valence electrons. The highest BCUT2D eigenvalue weighted by atomic mass is 16.5. The molecule has 1 aromatic heterocycles. The van der Waals surface area contributed by atoms with Gasteiger partial charge in [0.1, 0.15) is 12.5 Å². The number of azide groups is 1. The largest absolute Gasteiger partial charge is 0.468 e. The van der Waals surface area contributed by atoms with Crippen molar-refractivity contribution in [2.75, 3.05) is 13.7 Å². The Hall–Kier alpha value is -4.95. The minimum atomic E-state index is -0.834. The Morgan fingerprint density at radius 3 is 2.67 bits per heavy atom. The van der Waals surface area contributed by atoms with E-state index in [0.29, 0.717) is 22.7 Å². The predicted molar refractivity (Wildman–Crippen MR) is 147 cm³/mol. The van der Waals surface area contributed by atoms with E-state index in [-0.39, 0.29) is 12.2 Å². The molecule has 3 aromatic rings. The number of rotatable bonds is 9. The van der Waals surface area contributed by atoms with Crippen LogP contribution < -0.4 is 0 Å². The van der Waals surface area contributed by atoms with Crippen LogP contribution in [0.2, 0.25) is 0 Å². The number of nitrogens with zero attached hydrogens (tertiary/aromatic N) is 6. The van der Waals surface area contributed by atoms with Crippen LogP contribution in [0.15, 0.2) is 94.7 Å². The van der Waals surface area contributed by atoms with Crippen LogP contribution in [0.4, 0.5) is 5.69 Å². The Morgan fingerprint density at radius 1 is 1.18 bits per heavy atom. The molecule has 0 radical (unpaired) electrons. The quantitative estimate of drug-likeness (QED) is 0.152. The number of aromatic nitrogens is 2. The van der Waals surface area contributed by atoms with Gasteiger partial charge in [0.15, 0.2) is 0 Å². The first kappa shape index (κ1) is 27.1. The number of aliphatic imine (C=N–C) groups is 1. The van der Waals surface area contributed by atoms with Crippen LogP contribution in [-0.4, -0.2) is 40.9 Å². The van der Waals surface area contributed by atoms with Crippen molar-refractivity contribution in [3.8, 4) is 0 Å². The molecule has 0 amide bonds. The maximum Gasteiger partial charge on any atom is 0.336 e. The maximum atomic E-state index is 13.3. The molecule has 0 fully saturated rings. The fourth-order valence-corrected chi connectivity index (χ4v) is 4.64. The first-order valence-electron chi connectivity index (χ1n) is 12.3. The summed E-state index contributed by atoms with van der Waals surface area (Å²) in [5, 5.41) is 3.66. The summed E-state index contributed by atoms with van der Waals surface area (Å²) in [6.07, 6.45) is 9.05. The molecule has 0 N–H and O–H groups in total. The second-order valence-corrected chi connectivity index (χ2v) is 8.99. The van der Waals surface area contributed by atoms with E-state index in [2.05, 4.69) is 20.0 Å². The summed E-state index contributed by atoms with van der Waals surface area (Å²) in [5.41, 5.74) is 13.2. The summed E-state index contributed by atoms with van der Waals surface area (Å²) in [7, 11) is 1.29. The van der Waals surface area contributed by atoms with Gasteiger partial charge >= 0.3 is 11.9 Å². The average molecular weight is 525 g/mol. The van der Waals surface area contributed by atoms with Crippen LogP contribution in [0, 0.1) is 5.92 Å². The maximum absolute atomic E-state index is 13.3. The number of benzene rings is 2. The molecule has 1 aliphatic heterocycles. The Bertz CT molecular complexity index is 1480. The third kappa shape index (κ3) is 6.49. The topological polar surface area (TPSA) is 132 Å².